The quantitative estimate of drug-likeness (QED) is 0.575. The number of anilines is 2. The third kappa shape index (κ3) is 4.83. The molecule has 1 fully saturated rings. The second kappa shape index (κ2) is 8.64. The maximum absolute atomic E-state index is 12.9. The van der Waals surface area contributed by atoms with E-state index in [-0.39, 0.29) is 5.69 Å². The van der Waals surface area contributed by atoms with Gasteiger partial charge in [0.15, 0.2) is 0 Å². The topological polar surface area (TPSA) is 101 Å². The zero-order valence-corrected chi connectivity index (χ0v) is 17.2. The first-order valence-electron chi connectivity index (χ1n) is 9.50. The van der Waals surface area contributed by atoms with Gasteiger partial charge >= 0.3 is 0 Å². The minimum atomic E-state index is -0.482. The normalized spacial score (nSPS) is 15.1. The SMILES string of the molecule is CC(C)Cc1nnc(NC(=O)c2cc([N+](=O)[O-])ccc2N2CCC(C)CC2)s1. The highest BCUT2D eigenvalue weighted by molar-refractivity contribution is 7.15. The number of amides is 1. The molecule has 1 aliphatic rings. The molecule has 8 nitrogen and oxygen atoms in total. The molecule has 1 amide bonds. The van der Waals surface area contributed by atoms with Gasteiger partial charge in [-0.1, -0.05) is 32.1 Å². The third-order valence-electron chi connectivity index (χ3n) is 4.83. The zero-order chi connectivity index (χ0) is 20.3. The van der Waals surface area contributed by atoms with Gasteiger partial charge in [0.25, 0.3) is 11.6 Å². The number of aromatic nitrogens is 2. The van der Waals surface area contributed by atoms with Crippen molar-refractivity contribution < 1.29 is 9.72 Å². The second-order valence-corrected chi connectivity index (χ2v) is 8.74. The molecule has 150 valence electrons. The van der Waals surface area contributed by atoms with Crippen LogP contribution in [0, 0.1) is 22.0 Å². The molecule has 3 rings (SSSR count). The summed E-state index contributed by atoms with van der Waals surface area (Å²) < 4.78 is 0. The van der Waals surface area contributed by atoms with Crippen LogP contribution in [-0.2, 0) is 6.42 Å². The molecule has 0 radical (unpaired) electrons. The Morgan fingerprint density at radius 2 is 2.07 bits per heavy atom. The number of rotatable bonds is 6. The van der Waals surface area contributed by atoms with Crippen LogP contribution in [0.4, 0.5) is 16.5 Å². The standard InChI is InChI=1S/C19H25N5O3S/c1-12(2)10-17-21-22-19(28-17)20-18(25)15-11-14(24(26)27)4-5-16(15)23-8-6-13(3)7-9-23/h4-5,11-13H,6-10H2,1-3H3,(H,20,22,25). The molecule has 1 N–H and O–H groups in total. The Kier molecular flexibility index (Phi) is 6.23. The number of nitro benzene ring substituents is 1. The van der Waals surface area contributed by atoms with Gasteiger partial charge < -0.3 is 4.90 Å². The first kappa shape index (κ1) is 20.2. The van der Waals surface area contributed by atoms with Gasteiger partial charge in [-0.2, -0.15) is 0 Å². The summed E-state index contributed by atoms with van der Waals surface area (Å²) in [6.07, 6.45) is 2.86. The van der Waals surface area contributed by atoms with Gasteiger partial charge in [-0.15, -0.1) is 10.2 Å². The van der Waals surface area contributed by atoms with E-state index in [9.17, 15) is 14.9 Å². The Bertz CT molecular complexity index is 859. The van der Waals surface area contributed by atoms with E-state index in [0.717, 1.165) is 43.0 Å². The zero-order valence-electron chi connectivity index (χ0n) is 16.3. The Morgan fingerprint density at radius 3 is 2.71 bits per heavy atom. The number of carbonyl (C=O) groups is 1. The number of hydrogen-bond donors (Lipinski definition) is 1. The molecule has 1 aromatic carbocycles. The van der Waals surface area contributed by atoms with Crippen LogP contribution >= 0.6 is 11.3 Å². The highest BCUT2D eigenvalue weighted by Gasteiger charge is 2.24. The smallest absolute Gasteiger partial charge is 0.270 e. The summed E-state index contributed by atoms with van der Waals surface area (Å²) in [5.41, 5.74) is 0.920. The van der Waals surface area contributed by atoms with Gasteiger partial charge in [0.05, 0.1) is 16.2 Å². The summed E-state index contributed by atoms with van der Waals surface area (Å²) in [7, 11) is 0. The molecular weight excluding hydrogens is 378 g/mol. The van der Waals surface area contributed by atoms with E-state index in [1.165, 1.54) is 23.5 Å². The van der Waals surface area contributed by atoms with E-state index in [1.54, 1.807) is 6.07 Å². The number of benzene rings is 1. The number of nitro groups is 1. The Balaban J connectivity index is 1.85. The highest BCUT2D eigenvalue weighted by atomic mass is 32.1. The van der Waals surface area contributed by atoms with Gasteiger partial charge in [0.2, 0.25) is 5.13 Å². The van der Waals surface area contributed by atoms with E-state index in [2.05, 4.69) is 41.2 Å². The Labute approximate surface area is 168 Å². The summed E-state index contributed by atoms with van der Waals surface area (Å²) in [6.45, 7) is 8.06. The fourth-order valence-corrected chi connectivity index (χ4v) is 4.19. The number of nitrogens with one attached hydrogen (secondary N) is 1. The van der Waals surface area contributed by atoms with Gasteiger partial charge in [-0.05, 0) is 30.7 Å². The maximum atomic E-state index is 12.9. The number of piperidine rings is 1. The molecule has 0 aliphatic carbocycles. The third-order valence-corrected chi connectivity index (χ3v) is 5.69. The van der Waals surface area contributed by atoms with Crippen LogP contribution in [0.1, 0.15) is 49.0 Å². The van der Waals surface area contributed by atoms with E-state index in [4.69, 9.17) is 0 Å². The fraction of sp³-hybridized carbons (Fsp3) is 0.526. The lowest BCUT2D eigenvalue weighted by molar-refractivity contribution is -0.384. The van der Waals surface area contributed by atoms with Crippen LogP contribution in [0.5, 0.6) is 0 Å². The van der Waals surface area contributed by atoms with Crippen molar-refractivity contribution in [1.82, 2.24) is 10.2 Å². The fourth-order valence-electron chi connectivity index (χ4n) is 3.25. The lowest BCUT2D eigenvalue weighted by atomic mass is 9.98. The van der Waals surface area contributed by atoms with Crippen molar-refractivity contribution in [1.29, 1.82) is 0 Å². The van der Waals surface area contributed by atoms with Crippen LogP contribution in [0.2, 0.25) is 0 Å². The van der Waals surface area contributed by atoms with Crippen molar-refractivity contribution in [3.8, 4) is 0 Å². The summed E-state index contributed by atoms with van der Waals surface area (Å²) >= 11 is 1.33. The average molecular weight is 404 g/mol. The molecular formula is C19H25N5O3S. The molecule has 0 atom stereocenters. The van der Waals surface area contributed by atoms with E-state index >= 15 is 0 Å². The summed E-state index contributed by atoms with van der Waals surface area (Å²) in [5.74, 6) is 0.693. The summed E-state index contributed by atoms with van der Waals surface area (Å²) in [4.78, 5) is 25.8. The molecule has 2 aromatic rings. The summed E-state index contributed by atoms with van der Waals surface area (Å²) in [6, 6.07) is 4.47. The molecule has 9 heteroatoms. The van der Waals surface area contributed by atoms with Gasteiger partial charge in [0.1, 0.15) is 5.01 Å². The summed E-state index contributed by atoms with van der Waals surface area (Å²) in [5, 5.41) is 23.4. The monoisotopic (exact) mass is 403 g/mol. The van der Waals surface area contributed by atoms with E-state index in [0.29, 0.717) is 22.5 Å². The van der Waals surface area contributed by atoms with Gasteiger partial charge in [-0.3, -0.25) is 20.2 Å². The minimum absolute atomic E-state index is 0.1000. The first-order chi connectivity index (χ1) is 13.3. The van der Waals surface area contributed by atoms with Crippen molar-refractivity contribution in [3.63, 3.8) is 0 Å². The average Bonchev–Trinajstić information content (AvgIpc) is 3.07. The van der Waals surface area contributed by atoms with E-state index in [1.807, 2.05) is 0 Å². The minimum Gasteiger partial charge on any atom is -0.371 e. The molecule has 0 unspecified atom stereocenters. The number of hydrogen-bond acceptors (Lipinski definition) is 7. The Hall–Kier alpha value is -2.55. The van der Waals surface area contributed by atoms with Crippen LogP contribution < -0.4 is 10.2 Å². The molecule has 2 heterocycles. The van der Waals surface area contributed by atoms with Gasteiger partial charge in [0, 0.05) is 31.6 Å². The van der Waals surface area contributed by atoms with E-state index < -0.39 is 10.8 Å². The maximum Gasteiger partial charge on any atom is 0.270 e. The van der Waals surface area contributed by atoms with Crippen molar-refractivity contribution in [2.24, 2.45) is 11.8 Å². The van der Waals surface area contributed by atoms with Crippen molar-refractivity contribution in [2.75, 3.05) is 23.3 Å². The number of carbonyl (C=O) groups excluding carboxylic acids is 1. The van der Waals surface area contributed by atoms with Crippen LogP contribution in [0.15, 0.2) is 18.2 Å². The largest absolute Gasteiger partial charge is 0.371 e. The van der Waals surface area contributed by atoms with Crippen LogP contribution in [0.25, 0.3) is 0 Å². The lowest BCUT2D eigenvalue weighted by Crippen LogP contribution is -2.34. The molecule has 28 heavy (non-hydrogen) atoms. The molecule has 1 saturated heterocycles. The molecule has 1 aromatic heterocycles. The Morgan fingerprint density at radius 1 is 1.36 bits per heavy atom. The van der Waals surface area contributed by atoms with Crippen molar-refractivity contribution >= 4 is 33.8 Å². The predicted molar refractivity (Wildman–Crippen MR) is 110 cm³/mol. The lowest BCUT2D eigenvalue weighted by Gasteiger charge is -2.33. The molecule has 1 aliphatic heterocycles. The molecule has 0 saturated carbocycles. The van der Waals surface area contributed by atoms with Gasteiger partial charge in [-0.25, -0.2) is 0 Å². The molecule has 0 spiro atoms. The van der Waals surface area contributed by atoms with Crippen molar-refractivity contribution in [2.45, 2.75) is 40.0 Å². The highest BCUT2D eigenvalue weighted by Crippen LogP contribution is 2.30. The molecule has 0 bridgehead atoms. The number of non-ortho nitro benzene ring substituents is 1. The van der Waals surface area contributed by atoms with Crippen LogP contribution in [0.3, 0.4) is 0 Å². The van der Waals surface area contributed by atoms with Crippen molar-refractivity contribution in [3.05, 3.63) is 38.9 Å². The predicted octanol–water partition coefficient (Wildman–Crippen LogP) is 4.13. The van der Waals surface area contributed by atoms with Crippen LogP contribution in [-0.4, -0.2) is 34.1 Å². The second-order valence-electron chi connectivity index (χ2n) is 7.68. The number of nitrogens with zero attached hydrogens (tertiary/aromatic N) is 4. The first-order valence-corrected chi connectivity index (χ1v) is 10.3.